The Morgan fingerprint density at radius 2 is 1.38 bits per heavy atom. The molecule has 0 aromatic heterocycles. The molecule has 0 bridgehead atoms. The van der Waals surface area contributed by atoms with E-state index in [9.17, 15) is 5.11 Å². The number of allylic oxidation sites excluding steroid dienone is 2. The predicted octanol–water partition coefficient (Wildman–Crippen LogP) is 5.71. The second-order valence-electron chi connectivity index (χ2n) is 8.22. The molecule has 2 unspecified atom stereocenters. The minimum absolute atomic E-state index is 0.372. The summed E-state index contributed by atoms with van der Waals surface area (Å²) in [5.41, 5.74) is 5.19. The fraction of sp³-hybridized carbons (Fsp3) is 0.826. The Hall–Kier alpha value is -0.800. The van der Waals surface area contributed by atoms with Crippen LogP contribution in [-0.2, 0) is 0 Å². The van der Waals surface area contributed by atoms with E-state index in [0.717, 1.165) is 25.1 Å². The molecule has 1 aliphatic rings. The standard InChI is InChI=1S/C23H44N2O/c1-8-14-20(24-16-12-11-13-17-24)22(18(4)5)25(10-3)23(19(6)7)21(26)15-9-2/h20-21,26H,8-17H2,1-7H3. The molecule has 152 valence electrons. The van der Waals surface area contributed by atoms with Gasteiger partial charge in [-0.25, -0.2) is 0 Å². The minimum Gasteiger partial charge on any atom is -0.387 e. The van der Waals surface area contributed by atoms with E-state index >= 15 is 0 Å². The van der Waals surface area contributed by atoms with Crippen molar-refractivity contribution in [2.45, 2.75) is 106 Å². The number of aliphatic hydroxyl groups excluding tert-OH is 1. The van der Waals surface area contributed by atoms with Crippen LogP contribution < -0.4 is 0 Å². The zero-order valence-electron chi connectivity index (χ0n) is 18.6. The normalized spacial score (nSPS) is 17.5. The van der Waals surface area contributed by atoms with Crippen molar-refractivity contribution in [1.82, 2.24) is 9.80 Å². The maximum absolute atomic E-state index is 10.9. The lowest BCUT2D eigenvalue weighted by Crippen LogP contribution is -2.46. The van der Waals surface area contributed by atoms with Crippen molar-refractivity contribution >= 4 is 0 Å². The first-order valence-corrected chi connectivity index (χ1v) is 10.9. The van der Waals surface area contributed by atoms with Gasteiger partial charge in [-0.05, 0) is 73.4 Å². The number of hydrogen-bond acceptors (Lipinski definition) is 3. The van der Waals surface area contributed by atoms with E-state index in [2.05, 4.69) is 58.3 Å². The molecule has 0 saturated carbocycles. The van der Waals surface area contributed by atoms with E-state index in [-0.39, 0.29) is 6.10 Å². The summed E-state index contributed by atoms with van der Waals surface area (Å²) < 4.78 is 0. The van der Waals surface area contributed by atoms with Crippen LogP contribution >= 0.6 is 0 Å². The monoisotopic (exact) mass is 364 g/mol. The van der Waals surface area contributed by atoms with Gasteiger partial charge in [0.15, 0.2) is 0 Å². The molecular formula is C23H44N2O. The van der Waals surface area contributed by atoms with Crippen LogP contribution in [0.2, 0.25) is 0 Å². The molecule has 0 aromatic rings. The van der Waals surface area contributed by atoms with Crippen LogP contribution in [0.15, 0.2) is 22.5 Å². The van der Waals surface area contributed by atoms with Crippen molar-refractivity contribution < 1.29 is 5.11 Å². The van der Waals surface area contributed by atoms with Gasteiger partial charge in [-0.2, -0.15) is 0 Å². The third kappa shape index (κ3) is 6.13. The van der Waals surface area contributed by atoms with Gasteiger partial charge in [0.2, 0.25) is 0 Å². The zero-order valence-corrected chi connectivity index (χ0v) is 18.6. The zero-order chi connectivity index (χ0) is 19.7. The molecule has 1 rings (SSSR count). The highest BCUT2D eigenvalue weighted by Crippen LogP contribution is 2.31. The second kappa shape index (κ2) is 11.8. The van der Waals surface area contributed by atoms with Crippen LogP contribution in [-0.4, -0.2) is 46.7 Å². The molecule has 0 spiro atoms. The Balaban J connectivity index is 3.32. The quantitative estimate of drug-likeness (QED) is 0.537. The topological polar surface area (TPSA) is 26.7 Å². The summed E-state index contributed by atoms with van der Waals surface area (Å²) in [7, 11) is 0. The first-order valence-electron chi connectivity index (χ1n) is 10.9. The molecule has 0 aliphatic carbocycles. The molecule has 26 heavy (non-hydrogen) atoms. The van der Waals surface area contributed by atoms with Crippen LogP contribution in [0.1, 0.15) is 93.4 Å². The Kier molecular flexibility index (Phi) is 10.6. The van der Waals surface area contributed by atoms with Gasteiger partial charge in [-0.15, -0.1) is 0 Å². The summed E-state index contributed by atoms with van der Waals surface area (Å²) in [6.07, 6.45) is 7.84. The Bertz CT molecular complexity index is 467. The van der Waals surface area contributed by atoms with Crippen LogP contribution in [0.25, 0.3) is 0 Å². The van der Waals surface area contributed by atoms with Gasteiger partial charge in [0.25, 0.3) is 0 Å². The second-order valence-corrected chi connectivity index (χ2v) is 8.22. The maximum atomic E-state index is 10.9. The minimum atomic E-state index is -0.372. The molecule has 3 heteroatoms. The molecular weight excluding hydrogens is 320 g/mol. The molecule has 1 N–H and O–H groups in total. The van der Waals surface area contributed by atoms with Gasteiger partial charge in [0.05, 0.1) is 6.10 Å². The van der Waals surface area contributed by atoms with Gasteiger partial charge in [0, 0.05) is 24.0 Å². The number of likely N-dealkylation sites (tertiary alicyclic amines) is 1. The highest BCUT2D eigenvalue weighted by atomic mass is 16.3. The predicted molar refractivity (Wildman–Crippen MR) is 114 cm³/mol. The highest BCUT2D eigenvalue weighted by Gasteiger charge is 2.30. The number of rotatable bonds is 10. The van der Waals surface area contributed by atoms with E-state index in [1.165, 1.54) is 62.0 Å². The average Bonchev–Trinajstić information content (AvgIpc) is 2.60. The lowest BCUT2D eigenvalue weighted by atomic mass is 9.96. The van der Waals surface area contributed by atoms with Crippen LogP contribution in [0.4, 0.5) is 0 Å². The van der Waals surface area contributed by atoms with Gasteiger partial charge >= 0.3 is 0 Å². The molecule has 1 heterocycles. The summed E-state index contributed by atoms with van der Waals surface area (Å²) in [6.45, 7) is 18.8. The van der Waals surface area contributed by atoms with Crippen molar-refractivity contribution in [2.75, 3.05) is 19.6 Å². The highest BCUT2D eigenvalue weighted by molar-refractivity contribution is 5.26. The number of likely N-dealkylation sites (N-methyl/N-ethyl adjacent to an activating group) is 1. The Morgan fingerprint density at radius 3 is 1.81 bits per heavy atom. The van der Waals surface area contributed by atoms with Gasteiger partial charge < -0.3 is 10.0 Å². The number of piperidine rings is 1. The Morgan fingerprint density at radius 1 is 0.846 bits per heavy atom. The van der Waals surface area contributed by atoms with E-state index in [0.29, 0.717) is 6.04 Å². The molecule has 1 aliphatic heterocycles. The van der Waals surface area contributed by atoms with Crippen LogP contribution in [0, 0.1) is 0 Å². The first kappa shape index (κ1) is 23.2. The maximum Gasteiger partial charge on any atom is 0.0939 e. The summed E-state index contributed by atoms with van der Waals surface area (Å²) in [6, 6.07) is 0.466. The van der Waals surface area contributed by atoms with Crippen molar-refractivity contribution in [3.63, 3.8) is 0 Å². The summed E-state index contributed by atoms with van der Waals surface area (Å²) in [5.74, 6) is 0. The van der Waals surface area contributed by atoms with Crippen LogP contribution in [0.5, 0.6) is 0 Å². The van der Waals surface area contributed by atoms with E-state index in [4.69, 9.17) is 0 Å². The fourth-order valence-corrected chi connectivity index (χ4v) is 4.44. The van der Waals surface area contributed by atoms with Crippen molar-refractivity contribution in [3.8, 4) is 0 Å². The number of nitrogens with zero attached hydrogens (tertiary/aromatic N) is 2. The van der Waals surface area contributed by atoms with Gasteiger partial charge in [-0.1, -0.05) is 44.3 Å². The third-order valence-corrected chi connectivity index (χ3v) is 5.51. The SMILES string of the molecule is CCCC(O)C(=C(C)C)N(CC)C(=C(C)C)C(CCC)N1CCCCC1. The molecule has 0 amide bonds. The van der Waals surface area contributed by atoms with E-state index < -0.39 is 0 Å². The molecule has 2 atom stereocenters. The molecule has 1 saturated heterocycles. The average molecular weight is 365 g/mol. The molecule has 3 nitrogen and oxygen atoms in total. The smallest absolute Gasteiger partial charge is 0.0939 e. The Labute approximate surface area is 163 Å². The largest absolute Gasteiger partial charge is 0.387 e. The fourth-order valence-electron chi connectivity index (χ4n) is 4.44. The number of aliphatic hydroxyl groups is 1. The first-order chi connectivity index (χ1) is 12.4. The van der Waals surface area contributed by atoms with Gasteiger partial charge in [0.1, 0.15) is 0 Å². The molecule has 0 radical (unpaired) electrons. The molecule has 1 fully saturated rings. The van der Waals surface area contributed by atoms with Crippen molar-refractivity contribution in [1.29, 1.82) is 0 Å². The number of hydrogen-bond donors (Lipinski definition) is 1. The summed E-state index contributed by atoms with van der Waals surface area (Å²) in [5, 5.41) is 10.9. The molecule has 0 aromatic carbocycles. The summed E-state index contributed by atoms with van der Waals surface area (Å²) >= 11 is 0. The van der Waals surface area contributed by atoms with E-state index in [1.54, 1.807) is 0 Å². The third-order valence-electron chi connectivity index (χ3n) is 5.51. The lowest BCUT2D eigenvalue weighted by Gasteiger charge is -2.43. The van der Waals surface area contributed by atoms with Crippen molar-refractivity contribution in [3.05, 3.63) is 22.5 Å². The van der Waals surface area contributed by atoms with Crippen molar-refractivity contribution in [2.24, 2.45) is 0 Å². The lowest BCUT2D eigenvalue weighted by molar-refractivity contribution is 0.130. The van der Waals surface area contributed by atoms with Gasteiger partial charge in [-0.3, -0.25) is 4.90 Å². The summed E-state index contributed by atoms with van der Waals surface area (Å²) in [4.78, 5) is 5.15. The van der Waals surface area contributed by atoms with E-state index in [1.807, 2.05) is 0 Å². The van der Waals surface area contributed by atoms with Crippen LogP contribution in [0.3, 0.4) is 0 Å².